The summed E-state index contributed by atoms with van der Waals surface area (Å²) in [5, 5.41) is 39.3. The Labute approximate surface area is 192 Å². The molecule has 1 aromatic heterocycles. The quantitative estimate of drug-likeness (QED) is 0.414. The maximum absolute atomic E-state index is 13.0. The number of rotatable bonds is 9. The van der Waals surface area contributed by atoms with Gasteiger partial charge >= 0.3 is 0 Å². The van der Waals surface area contributed by atoms with Crippen LogP contribution in [0.5, 0.6) is 5.75 Å². The summed E-state index contributed by atoms with van der Waals surface area (Å²) in [6.07, 6.45) is -0.997. The lowest BCUT2D eigenvalue weighted by Gasteiger charge is -2.42. The van der Waals surface area contributed by atoms with Crippen LogP contribution in [0.25, 0.3) is 0 Å². The Balaban J connectivity index is 1.92. The summed E-state index contributed by atoms with van der Waals surface area (Å²) in [4.78, 5) is 42.9. The molecular formula is C21H22N4O9. The highest BCUT2D eigenvalue weighted by molar-refractivity contribution is 5.46. The predicted molar refractivity (Wildman–Crippen MR) is 114 cm³/mol. The first kappa shape index (κ1) is 24.5. The normalized spacial score (nSPS) is 19.1. The third-order valence-corrected chi connectivity index (χ3v) is 5.49. The molecule has 1 N–H and O–H groups in total. The van der Waals surface area contributed by atoms with E-state index >= 15 is 0 Å². The van der Waals surface area contributed by atoms with Crippen molar-refractivity contribution in [2.45, 2.75) is 50.5 Å². The standard InChI is InChI=1S/C21H22N4O9/c1-21(2)20(27)19(16-10-14(12-22)3-4-17(16)33-21)23-7-5-13(11-18(23)26)9-15(34-25(30)31)6-8-32-24(28)29/h3-5,7,10-11,15,19-20,27H,6,8-9H2,1-2H3/t15?,19-,20+/m1/s1. The van der Waals surface area contributed by atoms with Crippen molar-refractivity contribution in [2.75, 3.05) is 6.61 Å². The molecular weight excluding hydrogens is 452 g/mol. The summed E-state index contributed by atoms with van der Waals surface area (Å²) in [7, 11) is 0. The number of aliphatic hydroxyl groups excluding tert-OH is 1. The number of nitrogens with zero attached hydrogens (tertiary/aromatic N) is 4. The number of hydrogen-bond acceptors (Lipinski definition) is 10. The van der Waals surface area contributed by atoms with Crippen molar-refractivity contribution in [1.29, 1.82) is 5.26 Å². The maximum Gasteiger partial charge on any atom is 0.294 e. The van der Waals surface area contributed by atoms with Gasteiger partial charge in [-0.25, -0.2) is 0 Å². The fourth-order valence-corrected chi connectivity index (χ4v) is 3.86. The minimum atomic E-state index is -1.14. The monoisotopic (exact) mass is 474 g/mol. The summed E-state index contributed by atoms with van der Waals surface area (Å²) in [6.45, 7) is 2.94. The van der Waals surface area contributed by atoms with Gasteiger partial charge in [0, 0.05) is 17.8 Å². The van der Waals surface area contributed by atoms with Crippen molar-refractivity contribution in [3.63, 3.8) is 0 Å². The number of nitriles is 1. The Morgan fingerprint density at radius 2 is 2.00 bits per heavy atom. The average molecular weight is 474 g/mol. The van der Waals surface area contributed by atoms with Crippen LogP contribution in [0.15, 0.2) is 41.3 Å². The minimum absolute atomic E-state index is 0.0743. The Hall–Kier alpha value is -4.18. The van der Waals surface area contributed by atoms with E-state index in [0.29, 0.717) is 22.4 Å². The molecule has 13 heteroatoms. The van der Waals surface area contributed by atoms with Crippen LogP contribution >= 0.6 is 0 Å². The number of ether oxygens (including phenoxy) is 1. The summed E-state index contributed by atoms with van der Waals surface area (Å²) in [5.41, 5.74) is -0.353. The van der Waals surface area contributed by atoms with E-state index in [4.69, 9.17) is 4.74 Å². The van der Waals surface area contributed by atoms with E-state index in [1.807, 2.05) is 6.07 Å². The number of benzene rings is 1. The maximum atomic E-state index is 13.0. The molecule has 0 saturated carbocycles. The molecule has 3 rings (SSSR count). The molecule has 1 aromatic carbocycles. The molecule has 1 aliphatic rings. The fourth-order valence-electron chi connectivity index (χ4n) is 3.86. The van der Waals surface area contributed by atoms with Gasteiger partial charge in [0.2, 0.25) is 0 Å². The first-order chi connectivity index (χ1) is 16.0. The van der Waals surface area contributed by atoms with Crippen LogP contribution in [-0.2, 0) is 16.1 Å². The zero-order valence-electron chi connectivity index (χ0n) is 18.3. The second-order valence-corrected chi connectivity index (χ2v) is 8.24. The number of hydrogen-bond donors (Lipinski definition) is 1. The van der Waals surface area contributed by atoms with E-state index in [-0.39, 0.29) is 12.8 Å². The zero-order valence-corrected chi connectivity index (χ0v) is 18.3. The Kier molecular flexibility index (Phi) is 7.02. The molecule has 0 fully saturated rings. The van der Waals surface area contributed by atoms with Gasteiger partial charge in [0.1, 0.15) is 23.6 Å². The first-order valence-corrected chi connectivity index (χ1v) is 10.2. The van der Waals surface area contributed by atoms with Gasteiger partial charge in [0.25, 0.3) is 15.7 Å². The van der Waals surface area contributed by atoms with Crippen molar-refractivity contribution < 1.29 is 29.7 Å². The molecule has 0 spiro atoms. The van der Waals surface area contributed by atoms with Crippen molar-refractivity contribution >= 4 is 0 Å². The fraction of sp³-hybridized carbons (Fsp3) is 0.429. The lowest BCUT2D eigenvalue weighted by molar-refractivity contribution is -0.773. The van der Waals surface area contributed by atoms with E-state index in [0.717, 1.165) is 0 Å². The van der Waals surface area contributed by atoms with E-state index in [1.165, 1.54) is 22.9 Å². The van der Waals surface area contributed by atoms with Crippen LogP contribution in [0.2, 0.25) is 0 Å². The number of aromatic nitrogens is 1. The summed E-state index contributed by atoms with van der Waals surface area (Å²) < 4.78 is 7.18. The third kappa shape index (κ3) is 5.41. The smallest absolute Gasteiger partial charge is 0.294 e. The predicted octanol–water partition coefficient (Wildman–Crippen LogP) is 1.56. The van der Waals surface area contributed by atoms with Crippen LogP contribution in [0, 0.1) is 31.6 Å². The Morgan fingerprint density at radius 3 is 2.62 bits per heavy atom. The van der Waals surface area contributed by atoms with Gasteiger partial charge in [-0.05, 0) is 56.5 Å². The molecule has 2 heterocycles. The topological polar surface area (TPSA) is 180 Å². The number of aliphatic hydroxyl groups is 1. The van der Waals surface area contributed by atoms with Crippen molar-refractivity contribution in [2.24, 2.45) is 0 Å². The molecule has 3 atom stereocenters. The summed E-state index contributed by atoms with van der Waals surface area (Å²) in [5.74, 6) is 0.431. The van der Waals surface area contributed by atoms with Gasteiger partial charge < -0.3 is 24.1 Å². The highest BCUT2D eigenvalue weighted by atomic mass is 17.0. The molecule has 0 radical (unpaired) electrons. The molecule has 0 bridgehead atoms. The highest BCUT2D eigenvalue weighted by Crippen LogP contribution is 2.41. The second-order valence-electron chi connectivity index (χ2n) is 8.24. The van der Waals surface area contributed by atoms with Crippen LogP contribution in [0.1, 0.15) is 43.0 Å². The van der Waals surface area contributed by atoms with Crippen LogP contribution in [0.4, 0.5) is 0 Å². The van der Waals surface area contributed by atoms with E-state index in [2.05, 4.69) is 9.68 Å². The average Bonchev–Trinajstić information content (AvgIpc) is 2.74. The van der Waals surface area contributed by atoms with Gasteiger partial charge in [-0.3, -0.25) is 4.79 Å². The molecule has 2 aromatic rings. The van der Waals surface area contributed by atoms with Crippen molar-refractivity contribution in [1.82, 2.24) is 4.57 Å². The van der Waals surface area contributed by atoms with Gasteiger partial charge in [-0.1, -0.05) is 0 Å². The third-order valence-electron chi connectivity index (χ3n) is 5.49. The van der Waals surface area contributed by atoms with Crippen LogP contribution < -0.4 is 10.3 Å². The largest absolute Gasteiger partial charge is 0.485 e. The molecule has 13 nitrogen and oxygen atoms in total. The highest BCUT2D eigenvalue weighted by Gasteiger charge is 2.44. The molecule has 1 unspecified atom stereocenters. The van der Waals surface area contributed by atoms with Crippen LogP contribution in [0.3, 0.4) is 0 Å². The van der Waals surface area contributed by atoms with Gasteiger partial charge in [0.05, 0.1) is 24.3 Å². The minimum Gasteiger partial charge on any atom is -0.485 e. The second kappa shape index (κ2) is 9.75. The van der Waals surface area contributed by atoms with Gasteiger partial charge in [0.15, 0.2) is 0 Å². The lowest BCUT2D eigenvalue weighted by Crippen LogP contribution is -2.52. The number of pyridine rings is 1. The first-order valence-electron chi connectivity index (χ1n) is 10.2. The van der Waals surface area contributed by atoms with Crippen molar-refractivity contribution in [3.8, 4) is 11.8 Å². The van der Waals surface area contributed by atoms with Gasteiger partial charge in [-0.15, -0.1) is 20.2 Å². The van der Waals surface area contributed by atoms with E-state index in [9.17, 15) is 35.4 Å². The number of fused-ring (bicyclic) bond motifs is 1. The Morgan fingerprint density at radius 1 is 1.26 bits per heavy atom. The van der Waals surface area contributed by atoms with E-state index in [1.54, 1.807) is 32.0 Å². The van der Waals surface area contributed by atoms with Gasteiger partial charge in [-0.2, -0.15) is 5.26 Å². The molecule has 0 aliphatic carbocycles. The van der Waals surface area contributed by atoms with E-state index < -0.39 is 46.2 Å². The van der Waals surface area contributed by atoms with Crippen molar-refractivity contribution in [3.05, 3.63) is 83.8 Å². The molecule has 0 saturated heterocycles. The molecule has 0 amide bonds. The molecule has 180 valence electrons. The molecule has 34 heavy (non-hydrogen) atoms. The SMILES string of the molecule is CC1(C)Oc2ccc(C#N)cc2[C@@H](n2ccc(CC(CCO[N+](=O)[O-])O[N+](=O)[O-])cc2=O)[C@@H]1O. The summed E-state index contributed by atoms with van der Waals surface area (Å²) in [6, 6.07) is 8.69. The van der Waals surface area contributed by atoms with Crippen LogP contribution in [-0.4, -0.2) is 44.3 Å². The molecule has 1 aliphatic heterocycles. The Bertz CT molecular complexity index is 1190. The zero-order chi connectivity index (χ0) is 25.0. The summed E-state index contributed by atoms with van der Waals surface area (Å²) >= 11 is 0. The lowest BCUT2D eigenvalue weighted by atomic mass is 9.85.